The average Bonchev–Trinajstić information content (AvgIpc) is 3.14. The largest absolute Gasteiger partial charge is 0.394 e. The molecule has 2 aromatic heterocycles. The normalized spacial score (nSPS) is 15.9. The number of fused-ring (bicyclic) bond motifs is 1. The van der Waals surface area contributed by atoms with Gasteiger partial charge in [-0.15, -0.1) is 0 Å². The van der Waals surface area contributed by atoms with Gasteiger partial charge in [-0.1, -0.05) is 60.4 Å². The van der Waals surface area contributed by atoms with Crippen LogP contribution in [0.2, 0.25) is 0 Å². The first-order valence-electron chi connectivity index (χ1n) is 11.2. The second-order valence-electron chi connectivity index (χ2n) is 8.02. The second kappa shape index (κ2) is 11.1. The third-order valence-electron chi connectivity index (χ3n) is 5.55. The molecule has 1 aliphatic rings. The van der Waals surface area contributed by atoms with Crippen LogP contribution in [0.4, 0.5) is 5.82 Å². The van der Waals surface area contributed by atoms with Crippen LogP contribution in [0.15, 0.2) is 58.4 Å². The van der Waals surface area contributed by atoms with Gasteiger partial charge in [-0.25, -0.2) is 4.98 Å². The zero-order valence-corrected chi connectivity index (χ0v) is 21.1. The van der Waals surface area contributed by atoms with Crippen molar-refractivity contribution in [3.05, 3.63) is 80.6 Å². The van der Waals surface area contributed by atoms with Gasteiger partial charge in [-0.2, -0.15) is 0 Å². The van der Waals surface area contributed by atoms with Crippen LogP contribution in [-0.4, -0.2) is 56.0 Å². The summed E-state index contributed by atoms with van der Waals surface area (Å²) < 4.78 is 7.22. The van der Waals surface area contributed by atoms with Crippen LogP contribution in [0.25, 0.3) is 11.7 Å². The number of benzene rings is 1. The standard InChI is InChI=1S/C25H26N4O4S2/c1-16-8-9-21-27-22(26-10-12-33-13-11-30)19(23(31)28(21)15-16)14-20-24(32)29(25(34)35-20)17(2)18-6-4-3-5-7-18/h3-9,14-15,17,26,30H,10-13H2,1-2H3/b20-14+. The molecule has 10 heteroatoms. The Kier molecular flexibility index (Phi) is 7.97. The number of nitrogens with zero attached hydrogens (tertiary/aromatic N) is 3. The van der Waals surface area contributed by atoms with Crippen molar-refractivity contribution in [1.82, 2.24) is 14.3 Å². The number of anilines is 1. The van der Waals surface area contributed by atoms with Gasteiger partial charge >= 0.3 is 0 Å². The lowest BCUT2D eigenvalue weighted by atomic mass is 10.1. The molecule has 1 saturated heterocycles. The number of aromatic nitrogens is 2. The highest BCUT2D eigenvalue weighted by Gasteiger charge is 2.36. The molecule has 3 heterocycles. The third kappa shape index (κ3) is 5.46. The summed E-state index contributed by atoms with van der Waals surface area (Å²) >= 11 is 6.71. The molecule has 0 saturated carbocycles. The zero-order chi connectivity index (χ0) is 24.9. The van der Waals surface area contributed by atoms with Gasteiger partial charge in [0.1, 0.15) is 15.8 Å². The molecule has 1 fully saturated rings. The Hall–Kier alpha value is -3.05. The predicted octanol–water partition coefficient (Wildman–Crippen LogP) is 3.39. The second-order valence-corrected chi connectivity index (χ2v) is 9.69. The van der Waals surface area contributed by atoms with Gasteiger partial charge in [-0.3, -0.25) is 18.9 Å². The number of aliphatic hydroxyl groups excluding tert-OH is 1. The SMILES string of the molecule is Cc1ccc2nc(NCCOCCO)c(/C=C3/SC(=S)N(C(C)c4ccccc4)C3=O)c(=O)n2c1. The lowest BCUT2D eigenvalue weighted by Crippen LogP contribution is -2.31. The van der Waals surface area contributed by atoms with E-state index >= 15 is 0 Å². The van der Waals surface area contributed by atoms with Gasteiger partial charge in [-0.05, 0) is 37.1 Å². The number of rotatable bonds is 9. The van der Waals surface area contributed by atoms with Crippen molar-refractivity contribution < 1.29 is 14.6 Å². The number of carbonyl (C=O) groups is 1. The topological polar surface area (TPSA) is 96.2 Å². The molecule has 3 aromatic rings. The Morgan fingerprint density at radius 2 is 1.97 bits per heavy atom. The van der Waals surface area contributed by atoms with E-state index in [0.29, 0.717) is 33.8 Å². The van der Waals surface area contributed by atoms with Crippen LogP contribution >= 0.6 is 24.0 Å². The van der Waals surface area contributed by atoms with E-state index in [2.05, 4.69) is 10.3 Å². The van der Waals surface area contributed by atoms with E-state index in [1.165, 1.54) is 16.2 Å². The molecule has 1 atom stereocenters. The molecule has 1 aliphatic heterocycles. The molecule has 0 radical (unpaired) electrons. The number of carbonyl (C=O) groups excluding carboxylic acids is 1. The molecule has 0 aliphatic carbocycles. The molecule has 0 spiro atoms. The summed E-state index contributed by atoms with van der Waals surface area (Å²) in [6, 6.07) is 13.1. The summed E-state index contributed by atoms with van der Waals surface area (Å²) in [5.74, 6) is 0.107. The lowest BCUT2D eigenvalue weighted by Gasteiger charge is -2.23. The molecule has 1 aromatic carbocycles. The monoisotopic (exact) mass is 510 g/mol. The van der Waals surface area contributed by atoms with Crippen molar-refractivity contribution in [2.24, 2.45) is 0 Å². The van der Waals surface area contributed by atoms with Gasteiger partial charge in [0.25, 0.3) is 11.5 Å². The number of hydrogen-bond donors (Lipinski definition) is 2. The molecule has 1 unspecified atom stereocenters. The van der Waals surface area contributed by atoms with Gasteiger partial charge < -0.3 is 15.2 Å². The smallest absolute Gasteiger partial charge is 0.267 e. The summed E-state index contributed by atoms with van der Waals surface area (Å²) in [6.07, 6.45) is 3.29. The number of thioether (sulfide) groups is 1. The Morgan fingerprint density at radius 1 is 1.20 bits per heavy atom. The molecular weight excluding hydrogens is 484 g/mol. The quantitative estimate of drug-likeness (QED) is 0.257. The van der Waals surface area contributed by atoms with Crippen molar-refractivity contribution in [3.8, 4) is 0 Å². The van der Waals surface area contributed by atoms with Crippen LogP contribution in [0, 0.1) is 6.92 Å². The van der Waals surface area contributed by atoms with E-state index in [1.807, 2.05) is 50.2 Å². The van der Waals surface area contributed by atoms with E-state index in [9.17, 15) is 9.59 Å². The highest BCUT2D eigenvalue weighted by atomic mass is 32.2. The van der Waals surface area contributed by atoms with Crippen LogP contribution in [0.3, 0.4) is 0 Å². The maximum atomic E-state index is 13.5. The highest BCUT2D eigenvalue weighted by molar-refractivity contribution is 8.26. The summed E-state index contributed by atoms with van der Waals surface area (Å²) in [4.78, 5) is 33.4. The van der Waals surface area contributed by atoms with Crippen LogP contribution in [-0.2, 0) is 9.53 Å². The average molecular weight is 511 g/mol. The van der Waals surface area contributed by atoms with Crippen LogP contribution in [0.5, 0.6) is 0 Å². The Labute approximate surface area is 212 Å². The molecule has 182 valence electrons. The van der Waals surface area contributed by atoms with E-state index < -0.39 is 0 Å². The third-order valence-corrected chi connectivity index (χ3v) is 6.88. The number of amides is 1. The van der Waals surface area contributed by atoms with E-state index in [1.54, 1.807) is 23.2 Å². The molecule has 35 heavy (non-hydrogen) atoms. The fourth-order valence-corrected chi connectivity index (χ4v) is 5.16. The minimum atomic E-state index is -0.293. The van der Waals surface area contributed by atoms with Gasteiger partial charge in [0.15, 0.2) is 0 Å². The molecule has 0 bridgehead atoms. The Bertz CT molecular complexity index is 1340. The number of pyridine rings is 1. The van der Waals surface area contributed by atoms with Crippen molar-refractivity contribution in [2.45, 2.75) is 19.9 Å². The number of aliphatic hydroxyl groups is 1. The predicted molar refractivity (Wildman–Crippen MR) is 142 cm³/mol. The molecule has 2 N–H and O–H groups in total. The fourth-order valence-electron chi connectivity index (χ4n) is 3.76. The number of nitrogens with one attached hydrogen (secondary N) is 1. The molecule has 4 rings (SSSR count). The van der Waals surface area contributed by atoms with Gasteiger partial charge in [0.05, 0.1) is 36.3 Å². The molecule has 1 amide bonds. The molecule has 8 nitrogen and oxygen atoms in total. The highest BCUT2D eigenvalue weighted by Crippen LogP contribution is 2.38. The summed E-state index contributed by atoms with van der Waals surface area (Å²) in [5, 5.41) is 12.0. The van der Waals surface area contributed by atoms with Crippen molar-refractivity contribution in [3.63, 3.8) is 0 Å². The molecular formula is C25H26N4O4S2. The number of ether oxygens (including phenoxy) is 1. The van der Waals surface area contributed by atoms with Crippen molar-refractivity contribution >= 4 is 51.7 Å². The van der Waals surface area contributed by atoms with Gasteiger partial charge in [0.2, 0.25) is 0 Å². The minimum Gasteiger partial charge on any atom is -0.394 e. The zero-order valence-electron chi connectivity index (χ0n) is 19.4. The summed E-state index contributed by atoms with van der Waals surface area (Å²) in [5.41, 5.74) is 2.34. The van der Waals surface area contributed by atoms with Crippen LogP contribution in [0.1, 0.15) is 29.7 Å². The first kappa shape index (κ1) is 25.1. The Balaban J connectivity index is 1.70. The summed E-state index contributed by atoms with van der Waals surface area (Å²) in [7, 11) is 0. The van der Waals surface area contributed by atoms with Gasteiger partial charge in [0, 0.05) is 12.7 Å². The lowest BCUT2D eigenvalue weighted by molar-refractivity contribution is -0.123. The van der Waals surface area contributed by atoms with E-state index in [0.717, 1.165) is 11.1 Å². The van der Waals surface area contributed by atoms with E-state index in [-0.39, 0.29) is 36.3 Å². The maximum Gasteiger partial charge on any atom is 0.267 e. The van der Waals surface area contributed by atoms with Crippen molar-refractivity contribution in [2.75, 3.05) is 31.7 Å². The minimum absolute atomic E-state index is 0.0661. The summed E-state index contributed by atoms with van der Waals surface area (Å²) in [6.45, 7) is 4.68. The fraction of sp³-hybridized carbons (Fsp3) is 0.280. The van der Waals surface area contributed by atoms with Crippen LogP contribution < -0.4 is 10.9 Å². The first-order chi connectivity index (χ1) is 16.9. The van der Waals surface area contributed by atoms with E-state index in [4.69, 9.17) is 22.1 Å². The Morgan fingerprint density at radius 3 is 2.71 bits per heavy atom. The first-order valence-corrected chi connectivity index (χ1v) is 12.4. The number of hydrogen-bond acceptors (Lipinski definition) is 8. The number of aryl methyl sites for hydroxylation is 1. The number of thiocarbonyl (C=S) groups is 1. The maximum absolute atomic E-state index is 13.5. The van der Waals surface area contributed by atoms with Crippen molar-refractivity contribution in [1.29, 1.82) is 0 Å².